The van der Waals surface area contributed by atoms with Gasteiger partial charge in [-0.25, -0.2) is 8.78 Å². The number of thioether (sulfide) groups is 1. The van der Waals surface area contributed by atoms with Crippen molar-refractivity contribution in [3.63, 3.8) is 0 Å². The van der Waals surface area contributed by atoms with Crippen molar-refractivity contribution in [1.82, 2.24) is 10.2 Å². The Morgan fingerprint density at radius 3 is 2.68 bits per heavy atom. The molecule has 0 unspecified atom stereocenters. The Kier molecular flexibility index (Phi) is 6.32. The molecule has 2 aromatic carbocycles. The summed E-state index contributed by atoms with van der Waals surface area (Å²) in [5, 5.41) is 10.7. The van der Waals surface area contributed by atoms with Gasteiger partial charge in [0.2, 0.25) is 5.13 Å². The summed E-state index contributed by atoms with van der Waals surface area (Å²) in [4.78, 5) is 24.4. The lowest BCUT2D eigenvalue weighted by Gasteiger charge is -2.06. The van der Waals surface area contributed by atoms with Gasteiger partial charge in [0.1, 0.15) is 5.75 Å². The van der Waals surface area contributed by atoms with Gasteiger partial charge < -0.3 is 4.74 Å². The molecule has 6 nitrogen and oxygen atoms in total. The first-order valence-electron chi connectivity index (χ1n) is 7.87. The number of anilines is 1. The Labute approximate surface area is 166 Å². The highest BCUT2D eigenvalue weighted by Gasteiger charge is 2.16. The number of hydrogen-bond acceptors (Lipinski definition) is 7. The molecule has 0 aliphatic carbocycles. The van der Waals surface area contributed by atoms with Gasteiger partial charge in [-0.3, -0.25) is 14.9 Å². The van der Waals surface area contributed by atoms with E-state index in [4.69, 9.17) is 4.74 Å². The number of carbonyl (C=O) groups excluding carboxylic acids is 2. The third-order valence-corrected chi connectivity index (χ3v) is 5.52. The average Bonchev–Trinajstić information content (AvgIpc) is 3.15. The van der Waals surface area contributed by atoms with Crippen LogP contribution in [0.4, 0.5) is 13.9 Å². The second-order valence-corrected chi connectivity index (χ2v) is 7.57. The van der Waals surface area contributed by atoms with E-state index in [-0.39, 0.29) is 22.2 Å². The lowest BCUT2D eigenvalue weighted by molar-refractivity contribution is 0.101. The molecule has 1 amide bonds. The van der Waals surface area contributed by atoms with E-state index in [1.165, 1.54) is 13.2 Å². The highest BCUT2D eigenvalue weighted by atomic mass is 32.2. The van der Waals surface area contributed by atoms with Crippen molar-refractivity contribution in [2.24, 2.45) is 0 Å². The fourth-order valence-corrected chi connectivity index (χ4v) is 3.84. The molecule has 0 saturated heterocycles. The standard InChI is InChI=1S/C18H13F2N3O3S2/c1-26-15-5-3-2-4-11(15)16(25)21-17-22-23-18(28-17)27-9-14(24)10-6-7-12(19)13(20)8-10/h2-8H,9H2,1H3,(H,21,22,25). The highest BCUT2D eigenvalue weighted by Crippen LogP contribution is 2.27. The zero-order chi connectivity index (χ0) is 20.1. The van der Waals surface area contributed by atoms with Gasteiger partial charge in [-0.15, -0.1) is 10.2 Å². The molecule has 144 valence electrons. The minimum atomic E-state index is -1.08. The number of methoxy groups -OCH3 is 1. The fourth-order valence-electron chi connectivity index (χ4n) is 2.20. The molecule has 0 aliphatic rings. The van der Waals surface area contributed by atoms with Crippen molar-refractivity contribution in [1.29, 1.82) is 0 Å². The first-order valence-corrected chi connectivity index (χ1v) is 9.67. The summed E-state index contributed by atoms with van der Waals surface area (Å²) in [6.07, 6.45) is 0. The van der Waals surface area contributed by atoms with Crippen LogP contribution >= 0.6 is 23.1 Å². The lowest BCUT2D eigenvalue weighted by Crippen LogP contribution is -2.12. The zero-order valence-corrected chi connectivity index (χ0v) is 16.1. The van der Waals surface area contributed by atoms with Crippen molar-refractivity contribution >= 4 is 39.9 Å². The molecule has 3 aromatic rings. The molecule has 0 saturated carbocycles. The molecule has 0 bridgehead atoms. The van der Waals surface area contributed by atoms with Crippen LogP contribution < -0.4 is 10.1 Å². The fraction of sp³-hybridized carbons (Fsp3) is 0.111. The van der Waals surface area contributed by atoms with Crippen LogP contribution in [0.25, 0.3) is 0 Å². The van der Waals surface area contributed by atoms with Gasteiger partial charge in [-0.2, -0.15) is 0 Å². The van der Waals surface area contributed by atoms with Crippen LogP contribution in [-0.4, -0.2) is 34.8 Å². The summed E-state index contributed by atoms with van der Waals surface area (Å²) < 4.78 is 31.8. The second kappa shape index (κ2) is 8.89. The number of carbonyl (C=O) groups is 2. The number of Topliss-reactive ketones (excluding diaryl/α,β-unsaturated/α-hetero) is 1. The van der Waals surface area contributed by atoms with Crippen LogP contribution in [-0.2, 0) is 0 Å². The molecular weight excluding hydrogens is 408 g/mol. The predicted octanol–water partition coefficient (Wildman–Crippen LogP) is 4.05. The number of rotatable bonds is 7. The van der Waals surface area contributed by atoms with E-state index >= 15 is 0 Å². The van der Waals surface area contributed by atoms with E-state index in [2.05, 4.69) is 15.5 Å². The Hall–Kier alpha value is -2.85. The van der Waals surface area contributed by atoms with Crippen LogP contribution in [0.5, 0.6) is 5.75 Å². The molecule has 1 aromatic heterocycles. The largest absolute Gasteiger partial charge is 0.496 e. The van der Waals surface area contributed by atoms with Gasteiger partial charge in [0.15, 0.2) is 21.8 Å². The number of hydrogen-bond donors (Lipinski definition) is 1. The SMILES string of the molecule is COc1ccccc1C(=O)Nc1nnc(SCC(=O)c2ccc(F)c(F)c2)s1. The maximum atomic E-state index is 13.2. The molecule has 1 N–H and O–H groups in total. The van der Waals surface area contributed by atoms with E-state index in [1.807, 2.05) is 0 Å². The van der Waals surface area contributed by atoms with Crippen molar-refractivity contribution in [3.8, 4) is 5.75 Å². The highest BCUT2D eigenvalue weighted by molar-refractivity contribution is 8.01. The summed E-state index contributed by atoms with van der Waals surface area (Å²) in [5.41, 5.74) is 0.420. The van der Waals surface area contributed by atoms with Crippen LogP contribution in [0, 0.1) is 11.6 Å². The topological polar surface area (TPSA) is 81.2 Å². The number of para-hydroxylation sites is 1. The molecule has 3 rings (SSSR count). The van der Waals surface area contributed by atoms with Crippen LogP contribution in [0.2, 0.25) is 0 Å². The number of benzene rings is 2. The third kappa shape index (κ3) is 4.70. The van der Waals surface area contributed by atoms with Crippen molar-refractivity contribution < 1.29 is 23.1 Å². The molecule has 0 fully saturated rings. The Morgan fingerprint density at radius 2 is 1.93 bits per heavy atom. The van der Waals surface area contributed by atoms with Gasteiger partial charge in [0, 0.05) is 5.56 Å². The minimum Gasteiger partial charge on any atom is -0.496 e. The van der Waals surface area contributed by atoms with E-state index < -0.39 is 17.5 Å². The average molecular weight is 421 g/mol. The van der Waals surface area contributed by atoms with E-state index in [1.54, 1.807) is 24.3 Å². The summed E-state index contributed by atoms with van der Waals surface area (Å²) in [6.45, 7) is 0. The number of ether oxygens (including phenoxy) is 1. The van der Waals surface area contributed by atoms with Gasteiger partial charge >= 0.3 is 0 Å². The Morgan fingerprint density at radius 1 is 1.14 bits per heavy atom. The number of ketones is 1. The number of aromatic nitrogens is 2. The zero-order valence-electron chi connectivity index (χ0n) is 14.4. The van der Waals surface area contributed by atoms with Gasteiger partial charge in [-0.1, -0.05) is 35.2 Å². The smallest absolute Gasteiger partial charge is 0.261 e. The quantitative estimate of drug-likeness (QED) is 0.352. The number of amides is 1. The maximum absolute atomic E-state index is 13.2. The molecular formula is C18H13F2N3O3S2. The summed E-state index contributed by atoms with van der Waals surface area (Å²) in [7, 11) is 1.47. The summed E-state index contributed by atoms with van der Waals surface area (Å²) >= 11 is 2.18. The molecule has 0 spiro atoms. The number of halogens is 2. The van der Waals surface area contributed by atoms with Crippen molar-refractivity contribution in [2.45, 2.75) is 4.34 Å². The van der Waals surface area contributed by atoms with Gasteiger partial charge in [-0.05, 0) is 30.3 Å². The maximum Gasteiger partial charge on any atom is 0.261 e. The van der Waals surface area contributed by atoms with Gasteiger partial charge in [0.05, 0.1) is 18.4 Å². The monoisotopic (exact) mass is 421 g/mol. The molecule has 0 aliphatic heterocycles. The second-order valence-electron chi connectivity index (χ2n) is 5.37. The van der Waals surface area contributed by atoms with Crippen molar-refractivity contribution in [3.05, 3.63) is 65.2 Å². The first-order chi connectivity index (χ1) is 13.5. The van der Waals surface area contributed by atoms with Crippen LogP contribution in [0.1, 0.15) is 20.7 Å². The Balaban J connectivity index is 1.60. The normalized spacial score (nSPS) is 10.5. The molecule has 10 heteroatoms. The minimum absolute atomic E-state index is 0.0276. The molecule has 0 radical (unpaired) electrons. The molecule has 0 atom stereocenters. The van der Waals surface area contributed by atoms with Gasteiger partial charge in [0.25, 0.3) is 5.91 Å². The van der Waals surface area contributed by atoms with Crippen LogP contribution in [0.3, 0.4) is 0 Å². The summed E-state index contributed by atoms with van der Waals surface area (Å²) in [6, 6.07) is 9.73. The van der Waals surface area contributed by atoms with Crippen molar-refractivity contribution in [2.75, 3.05) is 18.2 Å². The summed E-state index contributed by atoms with van der Waals surface area (Å²) in [5.74, 6) is -2.46. The van der Waals surface area contributed by atoms with E-state index in [0.717, 1.165) is 35.2 Å². The number of nitrogens with one attached hydrogen (secondary N) is 1. The first kappa shape index (κ1) is 19.9. The van der Waals surface area contributed by atoms with Crippen LogP contribution in [0.15, 0.2) is 46.8 Å². The molecule has 28 heavy (non-hydrogen) atoms. The predicted molar refractivity (Wildman–Crippen MR) is 102 cm³/mol. The third-order valence-electron chi connectivity index (χ3n) is 3.55. The molecule has 1 heterocycles. The van der Waals surface area contributed by atoms with E-state index in [0.29, 0.717) is 15.7 Å². The Bertz CT molecular complexity index is 1030. The van der Waals surface area contributed by atoms with E-state index in [9.17, 15) is 18.4 Å². The number of nitrogens with zero attached hydrogens (tertiary/aromatic N) is 2. The lowest BCUT2D eigenvalue weighted by atomic mass is 10.1.